The molecule has 2 amide bonds. The third-order valence-corrected chi connectivity index (χ3v) is 4.32. The molecule has 2 aromatic rings. The van der Waals surface area contributed by atoms with E-state index >= 15 is 0 Å². The van der Waals surface area contributed by atoms with Gasteiger partial charge in [0, 0.05) is 31.2 Å². The van der Waals surface area contributed by atoms with Gasteiger partial charge in [0.05, 0.1) is 29.9 Å². The highest BCUT2D eigenvalue weighted by Crippen LogP contribution is 2.14. The minimum atomic E-state index is -0.498. The Labute approximate surface area is 162 Å². The molecule has 0 saturated carbocycles. The zero-order valence-electron chi connectivity index (χ0n) is 15.4. The summed E-state index contributed by atoms with van der Waals surface area (Å²) in [7, 11) is 1.29. The summed E-state index contributed by atoms with van der Waals surface area (Å²) in [6.45, 7) is 1.14. The molecule has 1 aromatic heterocycles. The molecule has 0 aliphatic carbocycles. The first-order valence-corrected chi connectivity index (χ1v) is 8.91. The van der Waals surface area contributed by atoms with Gasteiger partial charge in [-0.15, -0.1) is 0 Å². The molecule has 1 aliphatic rings. The summed E-state index contributed by atoms with van der Waals surface area (Å²) in [5.41, 5.74) is 1.27. The predicted molar refractivity (Wildman–Crippen MR) is 101 cm³/mol. The van der Waals surface area contributed by atoms with Crippen molar-refractivity contribution < 1.29 is 23.9 Å². The van der Waals surface area contributed by atoms with Crippen LogP contribution in [0.25, 0.3) is 0 Å². The van der Waals surface area contributed by atoms with Crippen LogP contribution in [0.4, 0.5) is 5.69 Å². The Hall–Kier alpha value is -3.26. The zero-order valence-corrected chi connectivity index (χ0v) is 15.4. The van der Waals surface area contributed by atoms with E-state index in [1.807, 2.05) is 0 Å². The highest BCUT2D eigenvalue weighted by atomic mass is 16.5. The quantitative estimate of drug-likeness (QED) is 0.739. The molecule has 1 fully saturated rings. The number of pyridine rings is 1. The molecule has 0 bridgehead atoms. The van der Waals surface area contributed by atoms with Crippen LogP contribution in [-0.2, 0) is 9.47 Å². The van der Waals surface area contributed by atoms with E-state index in [0.717, 1.165) is 19.4 Å². The summed E-state index contributed by atoms with van der Waals surface area (Å²) < 4.78 is 10.1. The lowest BCUT2D eigenvalue weighted by molar-refractivity contribution is 0.0600. The molecule has 2 heterocycles. The van der Waals surface area contributed by atoms with Crippen molar-refractivity contribution in [2.24, 2.45) is 0 Å². The minimum Gasteiger partial charge on any atom is -0.465 e. The first kappa shape index (κ1) is 19.5. The topological polar surface area (TPSA) is 107 Å². The monoisotopic (exact) mass is 383 g/mol. The highest BCUT2D eigenvalue weighted by molar-refractivity contribution is 6.06. The number of amides is 2. The Morgan fingerprint density at radius 3 is 2.64 bits per heavy atom. The molecule has 2 N–H and O–H groups in total. The van der Waals surface area contributed by atoms with Gasteiger partial charge < -0.3 is 20.1 Å². The molecule has 1 atom stereocenters. The summed E-state index contributed by atoms with van der Waals surface area (Å²) in [6, 6.07) is 7.85. The largest absolute Gasteiger partial charge is 0.465 e. The summed E-state index contributed by atoms with van der Waals surface area (Å²) >= 11 is 0. The van der Waals surface area contributed by atoms with Gasteiger partial charge in [-0.2, -0.15) is 0 Å². The van der Waals surface area contributed by atoms with E-state index in [1.54, 1.807) is 18.2 Å². The number of anilines is 1. The number of ether oxygens (including phenoxy) is 2. The maximum atomic E-state index is 12.5. The Morgan fingerprint density at radius 1 is 1.14 bits per heavy atom. The molecule has 1 saturated heterocycles. The van der Waals surface area contributed by atoms with Gasteiger partial charge in [0.25, 0.3) is 11.8 Å². The van der Waals surface area contributed by atoms with E-state index in [1.165, 1.54) is 31.6 Å². The van der Waals surface area contributed by atoms with Gasteiger partial charge in [-0.05, 0) is 37.1 Å². The lowest BCUT2D eigenvalue weighted by Gasteiger charge is -2.11. The SMILES string of the molecule is COC(=O)c1cccc(NC(=O)c2cncc(C(=O)NCC3CCCO3)c2)c1. The van der Waals surface area contributed by atoms with E-state index < -0.39 is 11.9 Å². The molecule has 0 spiro atoms. The zero-order chi connectivity index (χ0) is 19.9. The summed E-state index contributed by atoms with van der Waals surface area (Å²) in [5.74, 6) is -1.25. The molecular weight excluding hydrogens is 362 g/mol. The van der Waals surface area contributed by atoms with E-state index in [4.69, 9.17) is 4.74 Å². The fourth-order valence-electron chi connectivity index (χ4n) is 2.85. The fraction of sp³-hybridized carbons (Fsp3) is 0.300. The highest BCUT2D eigenvalue weighted by Gasteiger charge is 2.17. The number of carbonyl (C=O) groups excluding carboxylic acids is 3. The van der Waals surface area contributed by atoms with Gasteiger partial charge in [0.1, 0.15) is 0 Å². The molecule has 8 heteroatoms. The Bertz CT molecular complexity index is 878. The van der Waals surface area contributed by atoms with Crippen LogP contribution in [0.5, 0.6) is 0 Å². The summed E-state index contributed by atoms with van der Waals surface area (Å²) in [4.78, 5) is 40.4. The number of methoxy groups -OCH3 is 1. The van der Waals surface area contributed by atoms with Crippen LogP contribution in [0.15, 0.2) is 42.7 Å². The third kappa shape index (κ3) is 4.92. The van der Waals surface area contributed by atoms with Crippen molar-refractivity contribution in [3.05, 3.63) is 59.4 Å². The molecule has 8 nitrogen and oxygen atoms in total. The molecule has 146 valence electrons. The van der Waals surface area contributed by atoms with Crippen molar-refractivity contribution in [3.8, 4) is 0 Å². The molecule has 0 radical (unpaired) electrons. The van der Waals surface area contributed by atoms with Crippen LogP contribution >= 0.6 is 0 Å². The number of nitrogens with zero attached hydrogens (tertiary/aromatic N) is 1. The number of rotatable bonds is 6. The lowest BCUT2D eigenvalue weighted by atomic mass is 10.1. The molecule has 1 unspecified atom stereocenters. The van der Waals surface area contributed by atoms with Crippen LogP contribution in [-0.4, -0.2) is 49.1 Å². The number of hydrogen-bond donors (Lipinski definition) is 2. The first-order valence-electron chi connectivity index (χ1n) is 8.91. The lowest BCUT2D eigenvalue weighted by Crippen LogP contribution is -2.32. The average Bonchev–Trinajstić information content (AvgIpc) is 3.25. The van der Waals surface area contributed by atoms with E-state index in [2.05, 4.69) is 20.4 Å². The number of esters is 1. The molecule has 1 aliphatic heterocycles. The smallest absolute Gasteiger partial charge is 0.337 e. The molecule has 28 heavy (non-hydrogen) atoms. The summed E-state index contributed by atoms with van der Waals surface area (Å²) in [5, 5.41) is 5.48. The van der Waals surface area contributed by atoms with Crippen molar-refractivity contribution in [2.45, 2.75) is 18.9 Å². The number of aromatic nitrogens is 1. The van der Waals surface area contributed by atoms with Gasteiger partial charge in [-0.3, -0.25) is 14.6 Å². The van der Waals surface area contributed by atoms with Crippen molar-refractivity contribution in [3.63, 3.8) is 0 Å². The second kappa shape index (κ2) is 9.09. The van der Waals surface area contributed by atoms with Crippen molar-refractivity contribution >= 4 is 23.5 Å². The van der Waals surface area contributed by atoms with Crippen LogP contribution in [0.2, 0.25) is 0 Å². The molecule has 3 rings (SSSR count). The van der Waals surface area contributed by atoms with Crippen LogP contribution in [0.3, 0.4) is 0 Å². The average molecular weight is 383 g/mol. The van der Waals surface area contributed by atoms with Crippen LogP contribution in [0.1, 0.15) is 43.9 Å². The number of hydrogen-bond acceptors (Lipinski definition) is 6. The Kier molecular flexibility index (Phi) is 6.33. The van der Waals surface area contributed by atoms with E-state index in [-0.39, 0.29) is 23.1 Å². The molecule has 1 aromatic carbocycles. The maximum absolute atomic E-state index is 12.5. The first-order chi connectivity index (χ1) is 13.6. The molecular formula is C20H21N3O5. The van der Waals surface area contributed by atoms with Gasteiger partial charge in [0.2, 0.25) is 0 Å². The second-order valence-electron chi connectivity index (χ2n) is 6.33. The van der Waals surface area contributed by atoms with Gasteiger partial charge in [0.15, 0.2) is 0 Å². The van der Waals surface area contributed by atoms with Gasteiger partial charge in [-0.25, -0.2) is 4.79 Å². The maximum Gasteiger partial charge on any atom is 0.337 e. The Morgan fingerprint density at radius 2 is 1.93 bits per heavy atom. The van der Waals surface area contributed by atoms with Crippen molar-refractivity contribution in [2.75, 3.05) is 25.6 Å². The van der Waals surface area contributed by atoms with Crippen molar-refractivity contribution in [1.82, 2.24) is 10.3 Å². The third-order valence-electron chi connectivity index (χ3n) is 4.32. The van der Waals surface area contributed by atoms with E-state index in [0.29, 0.717) is 17.8 Å². The fourth-order valence-corrected chi connectivity index (χ4v) is 2.85. The van der Waals surface area contributed by atoms with Gasteiger partial charge in [-0.1, -0.05) is 6.07 Å². The Balaban J connectivity index is 1.65. The minimum absolute atomic E-state index is 0.0328. The van der Waals surface area contributed by atoms with Gasteiger partial charge >= 0.3 is 5.97 Å². The second-order valence-corrected chi connectivity index (χ2v) is 6.33. The number of carbonyl (C=O) groups is 3. The number of nitrogens with one attached hydrogen (secondary N) is 2. The van der Waals surface area contributed by atoms with Crippen LogP contribution < -0.4 is 10.6 Å². The normalized spacial score (nSPS) is 15.7. The van der Waals surface area contributed by atoms with Crippen LogP contribution in [0, 0.1) is 0 Å². The van der Waals surface area contributed by atoms with E-state index in [9.17, 15) is 14.4 Å². The standard InChI is InChI=1S/C20H21N3O5/c1-27-20(26)13-4-2-5-16(9-13)23-19(25)15-8-14(10-21-11-15)18(24)22-12-17-6-3-7-28-17/h2,4-5,8-11,17H,3,6-7,12H2,1H3,(H,22,24)(H,23,25). The number of benzene rings is 1. The predicted octanol–water partition coefficient (Wildman–Crippen LogP) is 2.03. The summed E-state index contributed by atoms with van der Waals surface area (Å²) in [6.07, 6.45) is 4.72. The van der Waals surface area contributed by atoms with Crippen molar-refractivity contribution in [1.29, 1.82) is 0 Å².